The summed E-state index contributed by atoms with van der Waals surface area (Å²) in [4.78, 5) is 5.84. The molecule has 3 nitrogen and oxygen atoms in total. The second kappa shape index (κ2) is 8.41. The summed E-state index contributed by atoms with van der Waals surface area (Å²) in [6.07, 6.45) is 2.37. The summed E-state index contributed by atoms with van der Waals surface area (Å²) in [5.74, 6) is 0.283. The first-order chi connectivity index (χ1) is 13.6. The van der Waals surface area contributed by atoms with Gasteiger partial charge in [-0.3, -0.25) is 0 Å². The van der Waals surface area contributed by atoms with Gasteiger partial charge in [0.25, 0.3) is 0 Å². The van der Waals surface area contributed by atoms with Crippen LogP contribution in [0.25, 0.3) is 11.3 Å². The van der Waals surface area contributed by atoms with Crippen LogP contribution in [0.15, 0.2) is 58.9 Å². The first kappa shape index (κ1) is 19.1. The second-order valence-corrected chi connectivity index (χ2v) is 8.35. The predicted molar refractivity (Wildman–Crippen MR) is 112 cm³/mol. The standard InChI is InChI=1S/C23H25FN2OS/c1-16(2)17-7-11-20(12-8-17)25-23-26(14-21-4-3-13-27-21)22(15-28-23)18-5-9-19(24)10-6-18/h5-12,15-16,21H,3-4,13-14H2,1-2H3. The maximum atomic E-state index is 13.4. The minimum absolute atomic E-state index is 0.205. The molecule has 146 valence electrons. The number of halogens is 1. The summed E-state index contributed by atoms with van der Waals surface area (Å²) in [6.45, 7) is 5.97. The molecule has 0 N–H and O–H groups in total. The molecule has 1 unspecified atom stereocenters. The molecular weight excluding hydrogens is 371 g/mol. The zero-order valence-electron chi connectivity index (χ0n) is 16.3. The zero-order valence-corrected chi connectivity index (χ0v) is 17.1. The van der Waals surface area contributed by atoms with E-state index in [1.807, 2.05) is 12.1 Å². The van der Waals surface area contributed by atoms with Gasteiger partial charge in [-0.2, -0.15) is 0 Å². The number of nitrogens with zero attached hydrogens (tertiary/aromatic N) is 2. The van der Waals surface area contributed by atoms with Crippen molar-refractivity contribution in [3.8, 4) is 11.3 Å². The molecule has 1 atom stereocenters. The maximum absolute atomic E-state index is 13.4. The van der Waals surface area contributed by atoms with E-state index in [1.165, 1.54) is 17.7 Å². The Kier molecular flexibility index (Phi) is 5.74. The molecule has 2 heterocycles. The average molecular weight is 397 g/mol. The highest BCUT2D eigenvalue weighted by Gasteiger charge is 2.19. The SMILES string of the molecule is CC(C)c1ccc(N=c2scc(-c3ccc(F)cc3)n2CC2CCCO2)cc1. The normalized spacial score (nSPS) is 17.6. The molecule has 1 saturated heterocycles. The van der Waals surface area contributed by atoms with Crippen LogP contribution in [0.3, 0.4) is 0 Å². The Bertz CT molecular complexity index is 981. The topological polar surface area (TPSA) is 26.5 Å². The minimum atomic E-state index is -0.222. The van der Waals surface area contributed by atoms with Gasteiger partial charge in [0.05, 0.1) is 24.0 Å². The van der Waals surface area contributed by atoms with E-state index in [-0.39, 0.29) is 11.9 Å². The highest BCUT2D eigenvalue weighted by atomic mass is 32.1. The van der Waals surface area contributed by atoms with Gasteiger partial charge in [-0.1, -0.05) is 26.0 Å². The van der Waals surface area contributed by atoms with Crippen LogP contribution in [-0.2, 0) is 11.3 Å². The number of aromatic nitrogens is 1. The fourth-order valence-electron chi connectivity index (χ4n) is 3.48. The van der Waals surface area contributed by atoms with Crippen LogP contribution in [0, 0.1) is 5.82 Å². The molecule has 3 aromatic rings. The molecule has 0 spiro atoms. The molecule has 1 aromatic heterocycles. The fourth-order valence-corrected chi connectivity index (χ4v) is 4.42. The molecule has 1 aliphatic heterocycles. The molecule has 4 rings (SSSR count). The van der Waals surface area contributed by atoms with E-state index in [1.54, 1.807) is 11.3 Å². The third-order valence-corrected chi connectivity index (χ3v) is 6.00. The Balaban J connectivity index is 1.74. The Morgan fingerprint density at radius 1 is 1.14 bits per heavy atom. The van der Waals surface area contributed by atoms with Gasteiger partial charge in [-0.05, 0) is 66.3 Å². The van der Waals surface area contributed by atoms with Crippen molar-refractivity contribution >= 4 is 17.0 Å². The van der Waals surface area contributed by atoms with E-state index in [4.69, 9.17) is 9.73 Å². The van der Waals surface area contributed by atoms with Crippen LogP contribution in [-0.4, -0.2) is 17.3 Å². The van der Waals surface area contributed by atoms with Crippen molar-refractivity contribution in [1.29, 1.82) is 0 Å². The van der Waals surface area contributed by atoms with Crippen molar-refractivity contribution in [3.05, 3.63) is 70.1 Å². The van der Waals surface area contributed by atoms with E-state index in [2.05, 4.69) is 48.1 Å². The van der Waals surface area contributed by atoms with Crippen LogP contribution in [0.4, 0.5) is 10.1 Å². The second-order valence-electron chi connectivity index (χ2n) is 7.51. The minimum Gasteiger partial charge on any atom is -0.376 e. The number of benzene rings is 2. The molecule has 2 aromatic carbocycles. The highest BCUT2D eigenvalue weighted by Crippen LogP contribution is 2.24. The van der Waals surface area contributed by atoms with Gasteiger partial charge in [-0.15, -0.1) is 11.3 Å². The van der Waals surface area contributed by atoms with Crippen molar-refractivity contribution in [2.75, 3.05) is 6.61 Å². The van der Waals surface area contributed by atoms with Gasteiger partial charge in [-0.25, -0.2) is 9.38 Å². The van der Waals surface area contributed by atoms with Crippen LogP contribution in [0.2, 0.25) is 0 Å². The monoisotopic (exact) mass is 396 g/mol. The van der Waals surface area contributed by atoms with Crippen molar-refractivity contribution in [2.45, 2.75) is 45.3 Å². The Labute approximate surface area is 169 Å². The summed E-state index contributed by atoms with van der Waals surface area (Å²) < 4.78 is 21.4. The maximum Gasteiger partial charge on any atom is 0.190 e. The van der Waals surface area contributed by atoms with E-state index in [0.29, 0.717) is 5.92 Å². The molecule has 0 aliphatic carbocycles. The van der Waals surface area contributed by atoms with E-state index >= 15 is 0 Å². The molecular formula is C23H25FN2OS. The summed E-state index contributed by atoms with van der Waals surface area (Å²) in [5.41, 5.74) is 4.30. The lowest BCUT2D eigenvalue weighted by Crippen LogP contribution is -2.24. The molecule has 0 bridgehead atoms. The van der Waals surface area contributed by atoms with Gasteiger partial charge < -0.3 is 9.30 Å². The summed E-state index contributed by atoms with van der Waals surface area (Å²) in [5, 5.41) is 2.10. The molecule has 1 aliphatic rings. The lowest BCUT2D eigenvalue weighted by Gasteiger charge is -2.14. The van der Waals surface area contributed by atoms with Crippen molar-refractivity contribution in [2.24, 2.45) is 4.99 Å². The third-order valence-electron chi connectivity index (χ3n) is 5.13. The molecule has 5 heteroatoms. The first-order valence-corrected chi connectivity index (χ1v) is 10.7. The quantitative estimate of drug-likeness (QED) is 0.528. The fraction of sp³-hybridized carbons (Fsp3) is 0.348. The Morgan fingerprint density at radius 2 is 1.89 bits per heavy atom. The number of hydrogen-bond acceptors (Lipinski definition) is 3. The van der Waals surface area contributed by atoms with Crippen LogP contribution >= 0.6 is 11.3 Å². The third kappa shape index (κ3) is 4.26. The Hall–Kier alpha value is -2.24. The number of rotatable bonds is 5. The summed E-state index contributed by atoms with van der Waals surface area (Å²) in [7, 11) is 0. The molecule has 28 heavy (non-hydrogen) atoms. The smallest absolute Gasteiger partial charge is 0.190 e. The Morgan fingerprint density at radius 3 is 2.54 bits per heavy atom. The van der Waals surface area contributed by atoms with Crippen molar-refractivity contribution in [1.82, 2.24) is 4.57 Å². The molecule has 0 saturated carbocycles. The van der Waals surface area contributed by atoms with Crippen molar-refractivity contribution in [3.63, 3.8) is 0 Å². The zero-order chi connectivity index (χ0) is 19.5. The van der Waals surface area contributed by atoms with Gasteiger partial charge in [0.2, 0.25) is 0 Å². The van der Waals surface area contributed by atoms with E-state index in [9.17, 15) is 4.39 Å². The van der Waals surface area contributed by atoms with Gasteiger partial charge in [0.15, 0.2) is 4.80 Å². The first-order valence-electron chi connectivity index (χ1n) is 9.81. The largest absolute Gasteiger partial charge is 0.376 e. The van der Waals surface area contributed by atoms with Crippen LogP contribution in [0.1, 0.15) is 38.2 Å². The number of hydrogen-bond donors (Lipinski definition) is 0. The lowest BCUT2D eigenvalue weighted by atomic mass is 10.0. The van der Waals surface area contributed by atoms with E-state index < -0.39 is 0 Å². The van der Waals surface area contributed by atoms with Gasteiger partial charge in [0.1, 0.15) is 5.82 Å². The van der Waals surface area contributed by atoms with Crippen molar-refractivity contribution < 1.29 is 9.13 Å². The lowest BCUT2D eigenvalue weighted by molar-refractivity contribution is 0.0968. The number of thiazole rings is 1. The molecule has 1 fully saturated rings. The summed E-state index contributed by atoms with van der Waals surface area (Å²) in [6, 6.07) is 15.1. The van der Waals surface area contributed by atoms with Crippen LogP contribution < -0.4 is 4.80 Å². The summed E-state index contributed by atoms with van der Waals surface area (Å²) >= 11 is 1.61. The average Bonchev–Trinajstić information content (AvgIpc) is 3.34. The predicted octanol–water partition coefficient (Wildman–Crippen LogP) is 5.89. The van der Waals surface area contributed by atoms with Gasteiger partial charge >= 0.3 is 0 Å². The van der Waals surface area contributed by atoms with E-state index in [0.717, 1.165) is 47.7 Å². The molecule has 0 radical (unpaired) electrons. The van der Waals surface area contributed by atoms with Gasteiger partial charge in [0, 0.05) is 12.0 Å². The molecule has 0 amide bonds. The number of ether oxygens (including phenoxy) is 1. The van der Waals surface area contributed by atoms with Crippen LogP contribution in [0.5, 0.6) is 0 Å². The highest BCUT2D eigenvalue weighted by molar-refractivity contribution is 7.07.